The third-order valence-corrected chi connectivity index (χ3v) is 9.24. The quantitative estimate of drug-likeness (QED) is 0.161. The summed E-state index contributed by atoms with van der Waals surface area (Å²) in [6, 6.07) is 43.3. The van der Waals surface area contributed by atoms with Crippen LogP contribution in [0.2, 0.25) is 0 Å². The molecule has 46 heavy (non-hydrogen) atoms. The zero-order chi connectivity index (χ0) is 30.7. The number of aromatic nitrogens is 4. The van der Waals surface area contributed by atoms with Crippen LogP contribution in [0.25, 0.3) is 43.6 Å². The first-order valence-electron chi connectivity index (χ1n) is 16.4. The summed E-state index contributed by atoms with van der Waals surface area (Å²) < 4.78 is 4.93. The van der Waals surface area contributed by atoms with E-state index in [0.29, 0.717) is 6.54 Å². The van der Waals surface area contributed by atoms with E-state index in [1.807, 2.05) is 12.4 Å². The van der Waals surface area contributed by atoms with E-state index in [1.165, 1.54) is 49.2 Å². The lowest BCUT2D eigenvalue weighted by Crippen LogP contribution is -2.09. The summed E-state index contributed by atoms with van der Waals surface area (Å²) in [6.45, 7) is 2.44. The SMILES string of the molecule is c1ccc(CCCn2c3ccccc3c3ccnc(CNc4nccc5c6ccccc6n(CCCc6ccccc6)c45)c32)cc1. The van der Waals surface area contributed by atoms with Gasteiger partial charge >= 0.3 is 0 Å². The van der Waals surface area contributed by atoms with Crippen LogP contribution in [0.3, 0.4) is 0 Å². The highest BCUT2D eigenvalue weighted by Gasteiger charge is 2.18. The normalized spacial score (nSPS) is 11.7. The minimum Gasteiger partial charge on any atom is -0.363 e. The Bertz CT molecular complexity index is 2100. The Balaban J connectivity index is 1.14. The van der Waals surface area contributed by atoms with Gasteiger partial charge in [-0.05, 0) is 61.1 Å². The highest BCUT2D eigenvalue weighted by atomic mass is 15.1. The molecule has 0 saturated carbocycles. The zero-order valence-corrected chi connectivity index (χ0v) is 25.9. The fourth-order valence-corrected chi connectivity index (χ4v) is 7.14. The van der Waals surface area contributed by atoms with E-state index in [4.69, 9.17) is 9.97 Å². The van der Waals surface area contributed by atoms with Crippen molar-refractivity contribution in [2.45, 2.75) is 45.3 Å². The average Bonchev–Trinajstić information content (AvgIpc) is 3.62. The summed E-state index contributed by atoms with van der Waals surface area (Å²) >= 11 is 0. The summed E-state index contributed by atoms with van der Waals surface area (Å²) in [5.41, 5.74) is 8.67. The molecule has 5 heteroatoms. The van der Waals surface area contributed by atoms with E-state index >= 15 is 0 Å². The highest BCUT2D eigenvalue weighted by molar-refractivity contribution is 6.11. The predicted molar refractivity (Wildman–Crippen MR) is 191 cm³/mol. The molecular formula is C41H37N5. The van der Waals surface area contributed by atoms with Gasteiger partial charge in [-0.15, -0.1) is 0 Å². The Morgan fingerprint density at radius 2 is 0.978 bits per heavy atom. The number of benzene rings is 4. The maximum atomic E-state index is 4.95. The third kappa shape index (κ3) is 5.28. The maximum absolute atomic E-state index is 4.95. The Labute approximate surface area is 269 Å². The van der Waals surface area contributed by atoms with Crippen LogP contribution in [0.15, 0.2) is 134 Å². The summed E-state index contributed by atoms with van der Waals surface area (Å²) in [7, 11) is 0. The number of hydrogen-bond acceptors (Lipinski definition) is 3. The van der Waals surface area contributed by atoms with Crippen molar-refractivity contribution >= 4 is 49.4 Å². The molecular weight excluding hydrogens is 562 g/mol. The lowest BCUT2D eigenvalue weighted by molar-refractivity contribution is 0.675. The van der Waals surface area contributed by atoms with Crippen molar-refractivity contribution in [2.24, 2.45) is 0 Å². The minimum absolute atomic E-state index is 0.587. The van der Waals surface area contributed by atoms with E-state index in [9.17, 15) is 0 Å². The number of fused-ring (bicyclic) bond motifs is 6. The second-order valence-corrected chi connectivity index (χ2v) is 12.1. The van der Waals surface area contributed by atoms with E-state index in [-0.39, 0.29) is 0 Å². The molecule has 8 aromatic rings. The van der Waals surface area contributed by atoms with Gasteiger partial charge in [-0.2, -0.15) is 0 Å². The van der Waals surface area contributed by atoms with E-state index in [2.05, 4.69) is 136 Å². The van der Waals surface area contributed by atoms with Crippen LogP contribution in [0.5, 0.6) is 0 Å². The first kappa shape index (κ1) is 28.1. The first-order chi connectivity index (χ1) is 22.8. The monoisotopic (exact) mass is 599 g/mol. The number of para-hydroxylation sites is 2. The Hall–Kier alpha value is -5.42. The van der Waals surface area contributed by atoms with E-state index < -0.39 is 0 Å². The van der Waals surface area contributed by atoms with E-state index in [1.54, 1.807) is 0 Å². The van der Waals surface area contributed by atoms with Crippen LogP contribution in [0, 0.1) is 0 Å². The van der Waals surface area contributed by atoms with Crippen molar-refractivity contribution < 1.29 is 0 Å². The van der Waals surface area contributed by atoms with Crippen LogP contribution < -0.4 is 5.32 Å². The van der Waals surface area contributed by atoms with Gasteiger partial charge in [0.2, 0.25) is 0 Å². The molecule has 0 aliphatic rings. The van der Waals surface area contributed by atoms with Gasteiger partial charge in [0, 0.05) is 58.1 Å². The number of rotatable bonds is 11. The van der Waals surface area contributed by atoms with Gasteiger partial charge in [-0.25, -0.2) is 4.98 Å². The van der Waals surface area contributed by atoms with Crippen molar-refractivity contribution in [1.29, 1.82) is 0 Å². The summed E-state index contributed by atoms with van der Waals surface area (Å²) in [5, 5.41) is 8.78. The fraction of sp³-hybridized carbons (Fsp3) is 0.171. The molecule has 4 aromatic carbocycles. The lowest BCUT2D eigenvalue weighted by Gasteiger charge is -2.14. The van der Waals surface area contributed by atoms with Crippen molar-refractivity contribution in [3.05, 3.63) is 151 Å². The molecule has 5 nitrogen and oxygen atoms in total. The topological polar surface area (TPSA) is 47.7 Å². The van der Waals surface area contributed by atoms with Gasteiger partial charge < -0.3 is 14.5 Å². The molecule has 0 aliphatic heterocycles. The fourth-order valence-electron chi connectivity index (χ4n) is 7.14. The first-order valence-corrected chi connectivity index (χ1v) is 16.4. The van der Waals surface area contributed by atoms with Crippen molar-refractivity contribution in [2.75, 3.05) is 5.32 Å². The largest absolute Gasteiger partial charge is 0.363 e. The highest BCUT2D eigenvalue weighted by Crippen LogP contribution is 2.34. The number of nitrogens with one attached hydrogen (secondary N) is 1. The third-order valence-electron chi connectivity index (χ3n) is 9.24. The average molecular weight is 600 g/mol. The number of aryl methyl sites for hydroxylation is 4. The number of hydrogen-bond donors (Lipinski definition) is 1. The second-order valence-electron chi connectivity index (χ2n) is 12.1. The van der Waals surface area contributed by atoms with Crippen molar-refractivity contribution in [1.82, 2.24) is 19.1 Å². The van der Waals surface area contributed by atoms with Crippen LogP contribution in [0.1, 0.15) is 29.7 Å². The molecule has 0 spiro atoms. The van der Waals surface area contributed by atoms with E-state index in [0.717, 1.165) is 55.8 Å². The molecule has 0 radical (unpaired) electrons. The Morgan fingerprint density at radius 3 is 1.59 bits per heavy atom. The molecule has 0 atom stereocenters. The maximum Gasteiger partial charge on any atom is 0.150 e. The van der Waals surface area contributed by atoms with Crippen molar-refractivity contribution in [3.63, 3.8) is 0 Å². The molecule has 0 amide bonds. The number of nitrogens with zero attached hydrogens (tertiary/aromatic N) is 4. The van der Waals surface area contributed by atoms with Gasteiger partial charge in [0.15, 0.2) is 5.82 Å². The molecule has 4 aromatic heterocycles. The molecule has 8 rings (SSSR count). The minimum atomic E-state index is 0.587. The zero-order valence-electron chi connectivity index (χ0n) is 25.9. The molecule has 1 N–H and O–H groups in total. The van der Waals surface area contributed by atoms with Gasteiger partial charge in [-0.1, -0.05) is 97.1 Å². The van der Waals surface area contributed by atoms with Crippen LogP contribution in [0.4, 0.5) is 5.82 Å². The lowest BCUT2D eigenvalue weighted by atomic mass is 10.1. The summed E-state index contributed by atoms with van der Waals surface area (Å²) in [4.78, 5) is 9.86. The van der Waals surface area contributed by atoms with Gasteiger partial charge in [0.25, 0.3) is 0 Å². The number of pyridine rings is 2. The molecule has 0 saturated heterocycles. The predicted octanol–water partition coefficient (Wildman–Crippen LogP) is 9.57. The molecule has 0 fully saturated rings. The summed E-state index contributed by atoms with van der Waals surface area (Å²) in [6.07, 6.45) is 8.08. The van der Waals surface area contributed by atoms with Crippen molar-refractivity contribution in [3.8, 4) is 0 Å². The molecule has 226 valence electrons. The van der Waals surface area contributed by atoms with Gasteiger partial charge in [0.1, 0.15) is 0 Å². The Morgan fingerprint density at radius 1 is 0.478 bits per heavy atom. The van der Waals surface area contributed by atoms with Gasteiger partial charge in [0.05, 0.1) is 23.3 Å². The molecule has 0 bridgehead atoms. The van der Waals surface area contributed by atoms with Crippen LogP contribution in [-0.2, 0) is 32.5 Å². The van der Waals surface area contributed by atoms with Gasteiger partial charge in [-0.3, -0.25) is 4.98 Å². The molecule has 0 aliphatic carbocycles. The van der Waals surface area contributed by atoms with Crippen LogP contribution in [-0.4, -0.2) is 19.1 Å². The standard InChI is InChI=1S/C41H37N5/c1-3-13-30(14-4-1)17-11-27-45-37-21-9-7-19-32(37)34-23-25-42-36(39(34)45)29-44-41-40-35(24-26-43-41)33-20-8-10-22-38(33)46(40)28-12-18-31-15-5-2-6-16-31/h1-10,13-16,19-26H,11-12,17-18,27-29H2,(H,43,44). The van der Waals surface area contributed by atoms with Crippen LogP contribution >= 0.6 is 0 Å². The number of anilines is 1. The smallest absolute Gasteiger partial charge is 0.150 e. The second kappa shape index (κ2) is 12.5. The molecule has 0 unspecified atom stereocenters. The molecule has 4 heterocycles. The summed E-state index contributed by atoms with van der Waals surface area (Å²) in [5.74, 6) is 0.902. The Kier molecular flexibility index (Phi) is 7.65.